The van der Waals surface area contributed by atoms with E-state index in [2.05, 4.69) is 21.3 Å². The summed E-state index contributed by atoms with van der Waals surface area (Å²) in [6.45, 7) is -1.29. The van der Waals surface area contributed by atoms with Crippen LogP contribution in [-0.2, 0) is 24.0 Å². The van der Waals surface area contributed by atoms with Gasteiger partial charge < -0.3 is 31.8 Å². The van der Waals surface area contributed by atoms with E-state index in [9.17, 15) is 24.0 Å². The molecule has 0 unspecified atom stereocenters. The molecule has 0 atom stereocenters. The molecular weight excluding hydrogens is 270 g/mol. The lowest BCUT2D eigenvalue weighted by Crippen LogP contribution is -2.45. The molecule has 10 heteroatoms. The van der Waals surface area contributed by atoms with Gasteiger partial charge in [0, 0.05) is 0 Å². The summed E-state index contributed by atoms with van der Waals surface area (Å²) in [6.07, 6.45) is 0.510. The quantitative estimate of drug-likeness (QED) is 0.269. The second kappa shape index (κ2) is 10.4. The number of rotatable bonds is 9. The third-order valence-corrected chi connectivity index (χ3v) is 1.91. The van der Waals surface area contributed by atoms with Gasteiger partial charge in [-0.25, -0.2) is 0 Å². The van der Waals surface area contributed by atoms with Crippen molar-refractivity contribution in [1.29, 1.82) is 0 Å². The Kier molecular flexibility index (Phi) is 9.14. The minimum absolute atomic E-state index is 0.133. The first-order chi connectivity index (χ1) is 9.49. The van der Waals surface area contributed by atoms with Gasteiger partial charge in [-0.05, 0) is 0 Å². The van der Waals surface area contributed by atoms with Gasteiger partial charge in [0.25, 0.3) is 0 Å². The van der Waals surface area contributed by atoms with Gasteiger partial charge in [-0.1, -0.05) is 0 Å². The maximum absolute atomic E-state index is 11.2. The predicted octanol–water partition coefficient (Wildman–Crippen LogP) is -4.39. The van der Waals surface area contributed by atoms with Gasteiger partial charge in [0.15, 0.2) is 0 Å². The van der Waals surface area contributed by atoms with Crippen molar-refractivity contribution in [2.45, 2.75) is 0 Å². The van der Waals surface area contributed by atoms with Gasteiger partial charge in [-0.15, -0.1) is 0 Å². The Balaban J connectivity index is 3.71. The summed E-state index contributed by atoms with van der Waals surface area (Å²) in [7, 11) is 0. The Hall–Kier alpha value is -2.49. The van der Waals surface area contributed by atoms with Crippen molar-refractivity contribution in [2.75, 3.05) is 32.7 Å². The van der Waals surface area contributed by atoms with E-state index in [1.54, 1.807) is 0 Å². The van der Waals surface area contributed by atoms with Crippen LogP contribution in [-0.4, -0.2) is 62.6 Å². The molecule has 0 saturated carbocycles. The zero-order valence-corrected chi connectivity index (χ0v) is 10.7. The summed E-state index contributed by atoms with van der Waals surface area (Å²) in [4.78, 5) is 54.2. The summed E-state index contributed by atoms with van der Waals surface area (Å²) >= 11 is 0. The molecule has 4 amide bonds. The largest absolute Gasteiger partial charge is 0.348 e. The fourth-order valence-electron chi connectivity index (χ4n) is 0.952. The van der Waals surface area contributed by atoms with Crippen molar-refractivity contribution in [3.05, 3.63) is 0 Å². The molecule has 0 aliphatic rings. The fraction of sp³-hybridized carbons (Fsp3) is 0.500. The van der Waals surface area contributed by atoms with E-state index in [1.165, 1.54) is 0 Å². The van der Waals surface area contributed by atoms with Crippen molar-refractivity contribution < 1.29 is 24.0 Å². The van der Waals surface area contributed by atoms with E-state index in [0.717, 1.165) is 0 Å². The first kappa shape index (κ1) is 17.5. The number of carbonyl (C=O) groups excluding carboxylic acids is 5. The van der Waals surface area contributed by atoms with Crippen LogP contribution in [0.4, 0.5) is 0 Å². The molecule has 0 aliphatic heterocycles. The normalized spacial score (nSPS) is 9.25. The molecule has 6 N–H and O–H groups in total. The van der Waals surface area contributed by atoms with E-state index >= 15 is 0 Å². The summed E-state index contributed by atoms with van der Waals surface area (Å²) < 4.78 is 0. The molecule has 0 aromatic heterocycles. The molecule has 0 saturated heterocycles. The smallest absolute Gasteiger partial charge is 0.239 e. The average Bonchev–Trinajstić information content (AvgIpc) is 2.45. The standard InChI is InChI=1S/C10H17N5O5/c11-3-7(17)13-5-9(19)15-6-10(20)14-4-8(18)12-1-2-16/h2H,1,3-6,11H2,(H,12,18)(H,13,17)(H,14,20)(H,15,19). The van der Waals surface area contributed by atoms with E-state index < -0.39 is 23.6 Å². The Morgan fingerprint density at radius 3 is 1.55 bits per heavy atom. The Morgan fingerprint density at radius 2 is 1.15 bits per heavy atom. The molecule has 0 aromatic carbocycles. The van der Waals surface area contributed by atoms with Crippen molar-refractivity contribution in [3.8, 4) is 0 Å². The maximum atomic E-state index is 11.2. The SMILES string of the molecule is NCC(=O)NCC(=O)NCC(=O)NCC(=O)NCC=O. The Bertz CT molecular complexity index is 384. The number of hydrogen-bond donors (Lipinski definition) is 5. The molecule has 0 spiro atoms. The highest BCUT2D eigenvalue weighted by Gasteiger charge is 2.08. The second-order valence-electron chi connectivity index (χ2n) is 3.51. The van der Waals surface area contributed by atoms with Crippen LogP contribution in [0.25, 0.3) is 0 Å². The van der Waals surface area contributed by atoms with Gasteiger partial charge in [0.1, 0.15) is 6.29 Å². The van der Waals surface area contributed by atoms with Crippen LogP contribution in [0.15, 0.2) is 0 Å². The van der Waals surface area contributed by atoms with Crippen molar-refractivity contribution >= 4 is 29.9 Å². The molecule has 0 bridgehead atoms. The lowest BCUT2D eigenvalue weighted by atomic mass is 10.4. The first-order valence-electron chi connectivity index (χ1n) is 5.70. The molecule has 112 valence electrons. The van der Waals surface area contributed by atoms with Crippen LogP contribution in [0.3, 0.4) is 0 Å². The molecule has 0 radical (unpaired) electrons. The number of nitrogens with one attached hydrogen (secondary N) is 4. The zero-order valence-electron chi connectivity index (χ0n) is 10.7. The van der Waals surface area contributed by atoms with E-state index in [1.807, 2.05) is 0 Å². The molecule has 0 heterocycles. The fourth-order valence-corrected chi connectivity index (χ4v) is 0.952. The highest BCUT2D eigenvalue weighted by molar-refractivity contribution is 5.90. The van der Waals surface area contributed by atoms with E-state index in [0.29, 0.717) is 6.29 Å². The van der Waals surface area contributed by atoms with Gasteiger partial charge in [-0.3, -0.25) is 19.2 Å². The molecule has 10 nitrogen and oxygen atoms in total. The first-order valence-corrected chi connectivity index (χ1v) is 5.70. The molecule has 0 aliphatic carbocycles. The second-order valence-corrected chi connectivity index (χ2v) is 3.51. The highest BCUT2D eigenvalue weighted by Crippen LogP contribution is 1.70. The van der Waals surface area contributed by atoms with Crippen LogP contribution < -0.4 is 27.0 Å². The van der Waals surface area contributed by atoms with Crippen LogP contribution in [0.5, 0.6) is 0 Å². The van der Waals surface area contributed by atoms with Gasteiger partial charge in [0.05, 0.1) is 32.7 Å². The number of hydrogen-bond acceptors (Lipinski definition) is 6. The predicted molar refractivity (Wildman–Crippen MR) is 67.2 cm³/mol. The summed E-state index contributed by atoms with van der Waals surface area (Å²) in [5, 5.41) is 8.92. The third kappa shape index (κ3) is 9.53. The monoisotopic (exact) mass is 287 g/mol. The molecule has 20 heavy (non-hydrogen) atoms. The van der Waals surface area contributed by atoms with Gasteiger partial charge in [0.2, 0.25) is 23.6 Å². The van der Waals surface area contributed by atoms with Crippen molar-refractivity contribution in [2.24, 2.45) is 5.73 Å². The van der Waals surface area contributed by atoms with Crippen LogP contribution in [0.1, 0.15) is 0 Å². The minimum atomic E-state index is -0.579. The summed E-state index contributed by atoms with van der Waals surface area (Å²) in [6, 6.07) is 0. The molecule has 0 rings (SSSR count). The van der Waals surface area contributed by atoms with E-state index in [-0.39, 0.29) is 32.7 Å². The zero-order chi connectivity index (χ0) is 15.4. The van der Waals surface area contributed by atoms with Gasteiger partial charge >= 0.3 is 0 Å². The number of carbonyl (C=O) groups is 5. The minimum Gasteiger partial charge on any atom is -0.348 e. The molecular formula is C10H17N5O5. The van der Waals surface area contributed by atoms with Crippen LogP contribution in [0, 0.1) is 0 Å². The summed E-state index contributed by atoms with van der Waals surface area (Å²) in [5.41, 5.74) is 5.02. The number of nitrogens with two attached hydrogens (primary N) is 1. The topological polar surface area (TPSA) is 159 Å². The van der Waals surface area contributed by atoms with E-state index in [4.69, 9.17) is 5.73 Å². The Morgan fingerprint density at radius 1 is 0.750 bits per heavy atom. The van der Waals surface area contributed by atoms with Crippen LogP contribution >= 0.6 is 0 Å². The lowest BCUT2D eigenvalue weighted by molar-refractivity contribution is -0.128. The number of aldehydes is 1. The summed E-state index contributed by atoms with van der Waals surface area (Å²) in [5.74, 6) is -2.15. The Labute approximate surface area is 114 Å². The van der Waals surface area contributed by atoms with Crippen molar-refractivity contribution in [3.63, 3.8) is 0 Å². The van der Waals surface area contributed by atoms with Crippen molar-refractivity contribution in [1.82, 2.24) is 21.3 Å². The maximum Gasteiger partial charge on any atom is 0.239 e. The molecule has 0 fully saturated rings. The highest BCUT2D eigenvalue weighted by atomic mass is 16.2. The van der Waals surface area contributed by atoms with Gasteiger partial charge in [-0.2, -0.15) is 0 Å². The average molecular weight is 287 g/mol. The lowest BCUT2D eigenvalue weighted by Gasteiger charge is -2.07. The third-order valence-electron chi connectivity index (χ3n) is 1.91. The van der Waals surface area contributed by atoms with Crippen LogP contribution in [0.2, 0.25) is 0 Å². The number of amides is 4. The molecule has 0 aromatic rings.